The molecule has 13 heteroatoms. The van der Waals surface area contributed by atoms with Crippen LogP contribution < -0.4 is 10.4 Å². The van der Waals surface area contributed by atoms with Gasteiger partial charge in [0.2, 0.25) is 0 Å². The van der Waals surface area contributed by atoms with Crippen molar-refractivity contribution >= 4 is 24.7 Å². The summed E-state index contributed by atoms with van der Waals surface area (Å²) >= 11 is 0. The number of rotatable bonds is 43. The molecule has 0 aliphatic heterocycles. The lowest BCUT2D eigenvalue weighted by molar-refractivity contribution is -0.145. The molecule has 0 atom stereocenters. The average Bonchev–Trinajstić information content (AvgIpc) is 3.26. The van der Waals surface area contributed by atoms with Crippen LogP contribution in [-0.2, 0) is 56.6 Å². The first-order chi connectivity index (χ1) is 29.9. The lowest BCUT2D eigenvalue weighted by Gasteiger charge is -2.43. The minimum absolute atomic E-state index is 0.0599. The van der Waals surface area contributed by atoms with Crippen LogP contribution in [-0.4, -0.2) is 146 Å². The van der Waals surface area contributed by atoms with E-state index in [1.165, 1.54) is 55.3 Å². The fraction of sp³-hybridized carbons (Fsp3) is 0.729. The Morgan fingerprint density at radius 3 is 1.03 bits per heavy atom. The molecule has 350 valence electrons. The van der Waals surface area contributed by atoms with Crippen molar-refractivity contribution in [3.63, 3.8) is 0 Å². The van der Waals surface area contributed by atoms with Crippen LogP contribution in [0.25, 0.3) is 0 Å². The van der Waals surface area contributed by atoms with Crippen LogP contribution in [0.15, 0.2) is 60.7 Å². The molecule has 12 nitrogen and oxygen atoms in total. The standard InChI is InChI=1S/C48H82O12Si/c1-5-6-7-8-9-10-11-12-19-24-47(49)59-43-41-57-39-37-55-35-33-53-31-29-51-27-25-50-26-28-52-30-32-54-34-36-56-38-40-58-42-44-60-61(48(2,3)4,45-20-15-13-16-21-45)46-22-17-14-18-23-46/h13-18,20-23H,5-12,19,24-44H2,1-4H3. The monoisotopic (exact) mass is 879 g/mol. The van der Waals surface area contributed by atoms with Gasteiger partial charge < -0.3 is 51.8 Å². The Balaban J connectivity index is 1.26. The van der Waals surface area contributed by atoms with Crippen molar-refractivity contribution in [2.75, 3.05) is 132 Å². The number of carbonyl (C=O) groups excluding carboxylic acids is 1. The number of carbonyl (C=O) groups is 1. The van der Waals surface area contributed by atoms with E-state index < -0.39 is 8.32 Å². The van der Waals surface area contributed by atoms with E-state index >= 15 is 0 Å². The molecule has 0 N–H and O–H groups in total. The predicted molar refractivity (Wildman–Crippen MR) is 244 cm³/mol. The number of esters is 1. The number of hydrogen-bond acceptors (Lipinski definition) is 12. The van der Waals surface area contributed by atoms with E-state index in [0.717, 1.165) is 12.8 Å². The molecule has 2 rings (SSSR count). The van der Waals surface area contributed by atoms with E-state index in [-0.39, 0.29) is 17.6 Å². The third kappa shape index (κ3) is 27.5. The molecule has 0 fully saturated rings. The van der Waals surface area contributed by atoms with E-state index in [4.69, 9.17) is 51.8 Å². The highest BCUT2D eigenvalue weighted by atomic mass is 28.4. The summed E-state index contributed by atoms with van der Waals surface area (Å²) in [6, 6.07) is 21.3. The van der Waals surface area contributed by atoms with Gasteiger partial charge in [0, 0.05) is 6.42 Å². The molecule has 0 heterocycles. The Bertz CT molecular complexity index is 1210. The lowest BCUT2D eigenvalue weighted by atomic mass is 10.1. The minimum Gasteiger partial charge on any atom is -0.463 e. The van der Waals surface area contributed by atoms with Crippen molar-refractivity contribution in [2.24, 2.45) is 0 Å². The number of hydrogen-bond donors (Lipinski definition) is 0. The molecule has 0 radical (unpaired) electrons. The van der Waals surface area contributed by atoms with Crippen molar-refractivity contribution in [2.45, 2.75) is 96.9 Å². The van der Waals surface area contributed by atoms with Gasteiger partial charge in [0.15, 0.2) is 0 Å². The van der Waals surface area contributed by atoms with Crippen molar-refractivity contribution in [1.29, 1.82) is 0 Å². The predicted octanol–water partition coefficient (Wildman–Crippen LogP) is 7.18. The summed E-state index contributed by atoms with van der Waals surface area (Å²) in [5.74, 6) is -0.137. The van der Waals surface area contributed by atoms with Crippen LogP contribution in [0.1, 0.15) is 91.9 Å². The lowest BCUT2D eigenvalue weighted by Crippen LogP contribution is -2.66. The molecular formula is C48H82O12Si. The highest BCUT2D eigenvalue weighted by Crippen LogP contribution is 2.36. The zero-order valence-corrected chi connectivity index (χ0v) is 39.4. The van der Waals surface area contributed by atoms with E-state index in [1.54, 1.807) is 0 Å². The second-order valence-electron chi connectivity index (χ2n) is 15.8. The third-order valence-corrected chi connectivity index (χ3v) is 15.0. The first kappa shape index (κ1) is 54.9. The molecule has 0 amide bonds. The van der Waals surface area contributed by atoms with Gasteiger partial charge >= 0.3 is 5.97 Å². The summed E-state index contributed by atoms with van der Waals surface area (Å²) in [6.45, 7) is 18.6. The number of ether oxygens (including phenoxy) is 10. The molecule has 61 heavy (non-hydrogen) atoms. The summed E-state index contributed by atoms with van der Waals surface area (Å²) in [6.07, 6.45) is 11.6. The van der Waals surface area contributed by atoms with Crippen LogP contribution in [0, 0.1) is 0 Å². The maximum atomic E-state index is 11.8. The fourth-order valence-corrected chi connectivity index (χ4v) is 11.3. The summed E-state index contributed by atoms with van der Waals surface area (Å²) in [7, 11) is -2.55. The maximum absolute atomic E-state index is 11.8. The normalized spacial score (nSPS) is 12.0. The first-order valence-corrected chi connectivity index (χ1v) is 24.9. The first-order valence-electron chi connectivity index (χ1n) is 23.0. The molecule has 0 unspecified atom stereocenters. The Morgan fingerprint density at radius 1 is 0.410 bits per heavy atom. The van der Waals surface area contributed by atoms with E-state index in [9.17, 15) is 4.79 Å². The second-order valence-corrected chi connectivity index (χ2v) is 20.1. The van der Waals surface area contributed by atoms with Gasteiger partial charge in [0.05, 0.1) is 126 Å². The Kier molecular flexibility index (Phi) is 34.4. The van der Waals surface area contributed by atoms with Gasteiger partial charge in [0.25, 0.3) is 8.32 Å². The molecule has 0 saturated carbocycles. The van der Waals surface area contributed by atoms with Gasteiger partial charge in [0.1, 0.15) is 6.61 Å². The number of unbranched alkanes of at least 4 members (excludes halogenated alkanes) is 8. The second kappa shape index (κ2) is 38.2. The number of benzene rings is 2. The summed E-state index contributed by atoms with van der Waals surface area (Å²) in [5, 5.41) is 2.47. The summed E-state index contributed by atoms with van der Waals surface area (Å²) < 4.78 is 62.3. The molecule has 0 aliphatic carbocycles. The van der Waals surface area contributed by atoms with Gasteiger partial charge in [-0.15, -0.1) is 0 Å². The average molecular weight is 879 g/mol. The van der Waals surface area contributed by atoms with Gasteiger partial charge in [-0.2, -0.15) is 0 Å². The molecule has 0 aliphatic rings. The highest BCUT2D eigenvalue weighted by Gasteiger charge is 2.50. The Labute approximate surface area is 370 Å². The molecule has 0 bridgehead atoms. The van der Waals surface area contributed by atoms with Crippen LogP contribution in [0.5, 0.6) is 0 Å². The SMILES string of the molecule is CCCCCCCCCCCC(=O)OCCOCCOCCOCCOCCOCCOCCOCCOCCOCCO[Si](c1ccccc1)(c1ccccc1)C(C)(C)C. The van der Waals surface area contributed by atoms with Crippen LogP contribution in [0.2, 0.25) is 5.04 Å². The maximum Gasteiger partial charge on any atom is 0.305 e. The summed E-state index contributed by atoms with van der Waals surface area (Å²) in [5.41, 5.74) is 0. The van der Waals surface area contributed by atoms with Gasteiger partial charge in [-0.1, -0.05) is 140 Å². The van der Waals surface area contributed by atoms with E-state index in [1.807, 2.05) is 0 Å². The van der Waals surface area contributed by atoms with E-state index in [0.29, 0.717) is 132 Å². The zero-order chi connectivity index (χ0) is 43.8. The fourth-order valence-electron chi connectivity index (χ4n) is 6.74. The molecule has 2 aromatic rings. The Hall–Kier alpha value is -2.27. The smallest absolute Gasteiger partial charge is 0.305 e. The molecule has 0 spiro atoms. The van der Waals surface area contributed by atoms with Gasteiger partial charge in [-0.25, -0.2) is 0 Å². The topological polar surface area (TPSA) is 119 Å². The Morgan fingerprint density at radius 2 is 0.705 bits per heavy atom. The van der Waals surface area contributed by atoms with Gasteiger partial charge in [-0.3, -0.25) is 4.79 Å². The van der Waals surface area contributed by atoms with Crippen molar-refractivity contribution < 1.29 is 56.6 Å². The largest absolute Gasteiger partial charge is 0.463 e. The molecule has 2 aromatic carbocycles. The quantitative estimate of drug-likeness (QED) is 0.0382. The van der Waals surface area contributed by atoms with Crippen molar-refractivity contribution in [1.82, 2.24) is 0 Å². The minimum atomic E-state index is -2.55. The third-order valence-electron chi connectivity index (χ3n) is 9.91. The zero-order valence-electron chi connectivity index (χ0n) is 38.4. The summed E-state index contributed by atoms with van der Waals surface area (Å²) in [4.78, 5) is 11.8. The van der Waals surface area contributed by atoms with Crippen LogP contribution in [0.4, 0.5) is 0 Å². The van der Waals surface area contributed by atoms with E-state index in [2.05, 4.69) is 88.4 Å². The van der Waals surface area contributed by atoms with Gasteiger partial charge in [-0.05, 0) is 21.8 Å². The highest BCUT2D eigenvalue weighted by molar-refractivity contribution is 6.99. The van der Waals surface area contributed by atoms with Crippen LogP contribution in [0.3, 0.4) is 0 Å². The van der Waals surface area contributed by atoms with Crippen molar-refractivity contribution in [3.8, 4) is 0 Å². The van der Waals surface area contributed by atoms with Crippen LogP contribution >= 0.6 is 0 Å². The molecular weight excluding hydrogens is 797 g/mol. The molecule has 0 aromatic heterocycles. The van der Waals surface area contributed by atoms with Crippen molar-refractivity contribution in [3.05, 3.63) is 60.7 Å². The molecule has 0 saturated heterocycles.